The number of nitrogen functional groups attached to an aromatic ring is 1. The van der Waals surface area contributed by atoms with Gasteiger partial charge in [-0.1, -0.05) is 0 Å². The van der Waals surface area contributed by atoms with E-state index in [1.807, 2.05) is 0 Å². The van der Waals surface area contributed by atoms with Gasteiger partial charge in [0, 0.05) is 0 Å². The normalized spacial score (nSPS) is 12.2. The molecule has 0 unspecified atom stereocenters. The third-order valence-electron chi connectivity index (χ3n) is 2.10. The molecular formula is C10H12F2N2O2. The zero-order chi connectivity index (χ0) is 12.3. The van der Waals surface area contributed by atoms with Gasteiger partial charge in [-0.15, -0.1) is 0 Å². The van der Waals surface area contributed by atoms with Crippen molar-refractivity contribution in [2.24, 2.45) is 5.73 Å². The Bertz CT molecular complexity index is 387. The fourth-order valence-electron chi connectivity index (χ4n) is 1.24. The predicted molar refractivity (Wildman–Crippen MR) is 54.5 cm³/mol. The van der Waals surface area contributed by atoms with Gasteiger partial charge >= 0.3 is 5.97 Å². The average molecular weight is 230 g/mol. The Morgan fingerprint density at radius 3 is 2.38 bits per heavy atom. The van der Waals surface area contributed by atoms with E-state index in [0.717, 1.165) is 12.1 Å². The molecule has 88 valence electrons. The Kier molecular flexibility index (Phi) is 3.78. The van der Waals surface area contributed by atoms with Crippen molar-refractivity contribution < 1.29 is 18.3 Å². The molecule has 0 bridgehead atoms. The second-order valence-corrected chi connectivity index (χ2v) is 3.31. The van der Waals surface area contributed by atoms with Gasteiger partial charge < -0.3 is 16.2 Å². The van der Waals surface area contributed by atoms with Crippen LogP contribution in [0.5, 0.6) is 0 Å². The highest BCUT2D eigenvalue weighted by atomic mass is 19.1. The summed E-state index contributed by atoms with van der Waals surface area (Å²) in [5.74, 6) is -2.38. The third kappa shape index (κ3) is 2.66. The van der Waals surface area contributed by atoms with Crippen LogP contribution in [0.4, 0.5) is 14.5 Å². The van der Waals surface area contributed by atoms with E-state index in [1.165, 1.54) is 7.11 Å². The molecule has 0 aliphatic rings. The van der Waals surface area contributed by atoms with Crippen molar-refractivity contribution in [2.75, 3.05) is 12.8 Å². The lowest BCUT2D eigenvalue weighted by atomic mass is 10.1. The topological polar surface area (TPSA) is 78.3 Å². The second-order valence-electron chi connectivity index (χ2n) is 3.31. The molecule has 0 aromatic heterocycles. The molecule has 0 saturated heterocycles. The number of anilines is 1. The van der Waals surface area contributed by atoms with Gasteiger partial charge in [-0.05, 0) is 24.1 Å². The molecule has 16 heavy (non-hydrogen) atoms. The van der Waals surface area contributed by atoms with Crippen LogP contribution < -0.4 is 11.5 Å². The summed E-state index contributed by atoms with van der Waals surface area (Å²) >= 11 is 0. The van der Waals surface area contributed by atoms with Crippen LogP contribution in [-0.4, -0.2) is 19.1 Å². The highest BCUT2D eigenvalue weighted by Gasteiger charge is 2.16. The van der Waals surface area contributed by atoms with E-state index in [4.69, 9.17) is 11.5 Å². The Balaban J connectivity index is 2.86. The molecule has 0 saturated carbocycles. The van der Waals surface area contributed by atoms with Crippen molar-refractivity contribution in [2.45, 2.75) is 12.5 Å². The number of carbonyl (C=O) groups excluding carboxylic acids is 1. The summed E-state index contributed by atoms with van der Waals surface area (Å²) in [6.45, 7) is 0. The minimum atomic E-state index is -0.951. The number of ether oxygens (including phenoxy) is 1. The van der Waals surface area contributed by atoms with Gasteiger partial charge in [-0.25, -0.2) is 8.78 Å². The van der Waals surface area contributed by atoms with E-state index < -0.39 is 29.3 Å². The molecule has 1 aromatic carbocycles. The van der Waals surface area contributed by atoms with E-state index in [2.05, 4.69) is 4.74 Å². The number of hydrogen-bond acceptors (Lipinski definition) is 4. The van der Waals surface area contributed by atoms with E-state index in [1.54, 1.807) is 0 Å². The van der Waals surface area contributed by atoms with Crippen molar-refractivity contribution in [1.29, 1.82) is 0 Å². The SMILES string of the molecule is COC(=O)[C@H](N)Cc1cc(F)c(N)c(F)c1. The van der Waals surface area contributed by atoms with Gasteiger partial charge in [0.2, 0.25) is 0 Å². The minimum Gasteiger partial charge on any atom is -0.468 e. The van der Waals surface area contributed by atoms with Gasteiger partial charge in [0.1, 0.15) is 23.4 Å². The molecule has 0 radical (unpaired) electrons. The molecular weight excluding hydrogens is 218 g/mol. The van der Waals surface area contributed by atoms with Crippen LogP contribution in [0.15, 0.2) is 12.1 Å². The minimum absolute atomic E-state index is 0.0131. The van der Waals surface area contributed by atoms with E-state index >= 15 is 0 Å². The number of halogens is 2. The van der Waals surface area contributed by atoms with Crippen LogP contribution in [0.1, 0.15) is 5.56 Å². The summed E-state index contributed by atoms with van der Waals surface area (Å²) in [5.41, 5.74) is 10.2. The molecule has 4 N–H and O–H groups in total. The lowest BCUT2D eigenvalue weighted by Crippen LogP contribution is -2.33. The molecule has 4 nitrogen and oxygen atoms in total. The van der Waals surface area contributed by atoms with Crippen molar-refractivity contribution in [3.8, 4) is 0 Å². The first-order chi connectivity index (χ1) is 7.45. The highest BCUT2D eigenvalue weighted by Crippen LogP contribution is 2.18. The summed E-state index contributed by atoms with van der Waals surface area (Å²) in [5, 5.41) is 0. The van der Waals surface area contributed by atoms with Crippen LogP contribution in [0.3, 0.4) is 0 Å². The molecule has 1 rings (SSSR count). The largest absolute Gasteiger partial charge is 0.468 e. The molecule has 0 fully saturated rings. The molecule has 0 aliphatic carbocycles. The number of methoxy groups -OCH3 is 1. The van der Waals surface area contributed by atoms with Gasteiger partial charge in [0.05, 0.1) is 7.11 Å². The second kappa shape index (κ2) is 4.89. The first-order valence-corrected chi connectivity index (χ1v) is 4.52. The maximum Gasteiger partial charge on any atom is 0.322 e. The number of esters is 1. The first kappa shape index (κ1) is 12.4. The summed E-state index contributed by atoms with van der Waals surface area (Å²) in [6.07, 6.45) is -0.0131. The van der Waals surface area contributed by atoms with E-state index in [9.17, 15) is 13.6 Å². The fourth-order valence-corrected chi connectivity index (χ4v) is 1.24. The molecule has 0 amide bonds. The lowest BCUT2D eigenvalue weighted by molar-refractivity contribution is -0.142. The van der Waals surface area contributed by atoms with Gasteiger partial charge in [-0.3, -0.25) is 4.79 Å². The Labute approximate surface area is 91.2 Å². The Morgan fingerprint density at radius 1 is 1.44 bits per heavy atom. The smallest absolute Gasteiger partial charge is 0.322 e. The molecule has 0 aliphatic heterocycles. The van der Waals surface area contributed by atoms with Gasteiger partial charge in [0.25, 0.3) is 0 Å². The number of carbonyl (C=O) groups is 1. The van der Waals surface area contributed by atoms with Crippen LogP contribution in [0.2, 0.25) is 0 Å². The zero-order valence-electron chi connectivity index (χ0n) is 8.67. The Hall–Kier alpha value is -1.69. The zero-order valence-corrected chi connectivity index (χ0v) is 8.67. The quantitative estimate of drug-likeness (QED) is 0.588. The van der Waals surface area contributed by atoms with Crippen molar-refractivity contribution in [3.63, 3.8) is 0 Å². The van der Waals surface area contributed by atoms with Crippen LogP contribution >= 0.6 is 0 Å². The summed E-state index contributed by atoms with van der Waals surface area (Å²) in [7, 11) is 1.19. The number of hydrogen-bond donors (Lipinski definition) is 2. The fraction of sp³-hybridized carbons (Fsp3) is 0.300. The molecule has 0 spiro atoms. The molecule has 1 atom stereocenters. The van der Waals surface area contributed by atoms with Crippen molar-refractivity contribution >= 4 is 11.7 Å². The average Bonchev–Trinajstić information content (AvgIpc) is 2.24. The molecule has 1 aromatic rings. The predicted octanol–water partition coefficient (Wildman–Crippen LogP) is 0.590. The van der Waals surface area contributed by atoms with E-state index in [-0.39, 0.29) is 12.0 Å². The highest BCUT2D eigenvalue weighted by molar-refractivity contribution is 5.75. The first-order valence-electron chi connectivity index (χ1n) is 4.52. The van der Waals surface area contributed by atoms with Gasteiger partial charge in [0.15, 0.2) is 0 Å². The summed E-state index contributed by atoms with van der Waals surface area (Å²) in [6, 6.07) is 1.13. The maximum absolute atomic E-state index is 13.1. The number of nitrogens with two attached hydrogens (primary N) is 2. The summed E-state index contributed by atoms with van der Waals surface area (Å²) in [4.78, 5) is 11.0. The standard InChI is InChI=1S/C10H12F2N2O2/c1-16-10(15)8(13)4-5-2-6(11)9(14)7(12)3-5/h2-3,8H,4,13-14H2,1H3/t8-/m1/s1. The van der Waals surface area contributed by atoms with Crippen molar-refractivity contribution in [3.05, 3.63) is 29.3 Å². The number of rotatable bonds is 3. The van der Waals surface area contributed by atoms with E-state index in [0.29, 0.717) is 0 Å². The monoisotopic (exact) mass is 230 g/mol. The number of benzene rings is 1. The van der Waals surface area contributed by atoms with Crippen LogP contribution in [-0.2, 0) is 16.0 Å². The lowest BCUT2D eigenvalue weighted by Gasteiger charge is -2.10. The molecule has 6 heteroatoms. The van der Waals surface area contributed by atoms with Crippen LogP contribution in [0, 0.1) is 11.6 Å². The third-order valence-corrected chi connectivity index (χ3v) is 2.10. The Morgan fingerprint density at radius 2 is 1.94 bits per heavy atom. The van der Waals surface area contributed by atoms with Gasteiger partial charge in [-0.2, -0.15) is 0 Å². The summed E-state index contributed by atoms with van der Waals surface area (Å²) < 4.78 is 30.5. The maximum atomic E-state index is 13.1. The van der Waals surface area contributed by atoms with Crippen LogP contribution in [0.25, 0.3) is 0 Å². The van der Waals surface area contributed by atoms with Crippen molar-refractivity contribution in [1.82, 2.24) is 0 Å². The molecule has 0 heterocycles.